The summed E-state index contributed by atoms with van der Waals surface area (Å²) in [5.74, 6) is -0.406. The van der Waals surface area contributed by atoms with Crippen LogP contribution in [0.2, 0.25) is 0 Å². The lowest BCUT2D eigenvalue weighted by molar-refractivity contribution is 0.0939. The van der Waals surface area contributed by atoms with Gasteiger partial charge in [-0.3, -0.25) is 9.59 Å². The van der Waals surface area contributed by atoms with E-state index in [1.54, 1.807) is 48.5 Å². The summed E-state index contributed by atoms with van der Waals surface area (Å²) in [4.78, 5) is 24.5. The molecule has 0 bridgehead atoms. The van der Waals surface area contributed by atoms with Gasteiger partial charge in [-0.15, -0.1) is 24.8 Å². The number of anilines is 2. The number of hydrogen-bond acceptors (Lipinski definition) is 4. The third-order valence-corrected chi connectivity index (χ3v) is 4.27. The Balaban J connectivity index is 0.00000225. The second-order valence-corrected chi connectivity index (χ2v) is 6.43. The monoisotopic (exact) mass is 446 g/mol. The standard InChI is InChI=1S/C22H22N4O2.2ClH/c23-19-9-1-15(2-10-19)13-25-21(27)17-5-7-18(8-6-17)22(28)26-14-16-3-11-20(24)12-4-16;;/h1-12H,13-14,23-24H2,(H,25,27)(H,26,28);2*1H. The molecule has 0 saturated heterocycles. The molecule has 3 rings (SSSR count). The van der Waals surface area contributed by atoms with E-state index in [2.05, 4.69) is 10.6 Å². The van der Waals surface area contributed by atoms with Gasteiger partial charge in [-0.2, -0.15) is 0 Å². The first-order valence-electron chi connectivity index (χ1n) is 8.86. The average Bonchev–Trinajstić information content (AvgIpc) is 2.72. The van der Waals surface area contributed by atoms with Crippen molar-refractivity contribution in [1.82, 2.24) is 10.6 Å². The van der Waals surface area contributed by atoms with Crippen LogP contribution in [0.1, 0.15) is 31.8 Å². The molecule has 0 aliphatic heterocycles. The van der Waals surface area contributed by atoms with Crippen LogP contribution in [-0.4, -0.2) is 11.8 Å². The summed E-state index contributed by atoms with van der Waals surface area (Å²) < 4.78 is 0. The third kappa shape index (κ3) is 6.99. The van der Waals surface area contributed by atoms with Gasteiger partial charge >= 0.3 is 0 Å². The molecule has 0 aliphatic rings. The van der Waals surface area contributed by atoms with Crippen molar-refractivity contribution >= 4 is 48.0 Å². The molecule has 0 radical (unpaired) electrons. The second-order valence-electron chi connectivity index (χ2n) is 6.43. The van der Waals surface area contributed by atoms with Crippen molar-refractivity contribution < 1.29 is 9.59 Å². The van der Waals surface area contributed by atoms with E-state index in [0.29, 0.717) is 35.6 Å². The zero-order chi connectivity index (χ0) is 19.9. The molecule has 30 heavy (non-hydrogen) atoms. The molecular weight excluding hydrogens is 423 g/mol. The predicted molar refractivity (Wildman–Crippen MR) is 125 cm³/mol. The summed E-state index contributed by atoms with van der Waals surface area (Å²) in [6.07, 6.45) is 0. The Labute approximate surface area is 187 Å². The average molecular weight is 447 g/mol. The van der Waals surface area contributed by atoms with Crippen LogP contribution in [0.4, 0.5) is 11.4 Å². The SMILES string of the molecule is Cl.Cl.Nc1ccc(CNC(=O)c2ccc(C(=O)NCc3ccc(N)cc3)cc2)cc1. The van der Waals surface area contributed by atoms with Gasteiger partial charge in [-0.1, -0.05) is 24.3 Å². The van der Waals surface area contributed by atoms with Gasteiger partial charge in [-0.25, -0.2) is 0 Å². The fourth-order valence-electron chi connectivity index (χ4n) is 2.61. The molecule has 6 nitrogen and oxygen atoms in total. The maximum absolute atomic E-state index is 12.3. The van der Waals surface area contributed by atoms with Crippen LogP contribution in [0.25, 0.3) is 0 Å². The number of rotatable bonds is 6. The fourth-order valence-corrected chi connectivity index (χ4v) is 2.61. The smallest absolute Gasteiger partial charge is 0.251 e. The fraction of sp³-hybridized carbons (Fsp3) is 0.0909. The van der Waals surface area contributed by atoms with Gasteiger partial charge in [0.25, 0.3) is 11.8 Å². The van der Waals surface area contributed by atoms with E-state index in [9.17, 15) is 9.59 Å². The molecule has 0 aliphatic carbocycles. The normalized spacial score (nSPS) is 9.60. The Morgan fingerprint density at radius 1 is 0.567 bits per heavy atom. The van der Waals surface area contributed by atoms with Gasteiger partial charge in [0.05, 0.1) is 0 Å². The van der Waals surface area contributed by atoms with Gasteiger partial charge in [-0.05, 0) is 59.7 Å². The van der Waals surface area contributed by atoms with Gasteiger partial charge < -0.3 is 22.1 Å². The van der Waals surface area contributed by atoms with E-state index in [4.69, 9.17) is 11.5 Å². The lowest BCUT2D eigenvalue weighted by Crippen LogP contribution is -2.24. The first-order valence-corrected chi connectivity index (χ1v) is 8.86. The second kappa shape index (κ2) is 11.7. The lowest BCUT2D eigenvalue weighted by atomic mass is 10.1. The number of nitrogen functional groups attached to an aromatic ring is 2. The predicted octanol–water partition coefficient (Wildman–Crippen LogP) is 3.55. The highest BCUT2D eigenvalue weighted by atomic mass is 35.5. The van der Waals surface area contributed by atoms with Crippen molar-refractivity contribution in [2.45, 2.75) is 13.1 Å². The van der Waals surface area contributed by atoms with Crippen LogP contribution in [0.3, 0.4) is 0 Å². The van der Waals surface area contributed by atoms with Crippen molar-refractivity contribution in [1.29, 1.82) is 0 Å². The van der Waals surface area contributed by atoms with Crippen molar-refractivity contribution in [3.8, 4) is 0 Å². The molecule has 3 aromatic carbocycles. The molecule has 0 heterocycles. The molecule has 6 N–H and O–H groups in total. The molecule has 158 valence electrons. The molecule has 0 unspecified atom stereocenters. The summed E-state index contributed by atoms with van der Waals surface area (Å²) in [5.41, 5.74) is 15.6. The molecule has 8 heteroatoms. The number of nitrogens with one attached hydrogen (secondary N) is 2. The molecule has 0 spiro atoms. The number of halogens is 2. The Morgan fingerprint density at radius 3 is 1.17 bits per heavy atom. The Hall–Kier alpha value is -3.22. The number of carbonyl (C=O) groups excluding carboxylic acids is 2. The van der Waals surface area contributed by atoms with E-state index in [1.165, 1.54) is 0 Å². The highest BCUT2D eigenvalue weighted by Gasteiger charge is 2.09. The van der Waals surface area contributed by atoms with Gasteiger partial charge in [0.15, 0.2) is 0 Å². The lowest BCUT2D eigenvalue weighted by Gasteiger charge is -2.08. The largest absolute Gasteiger partial charge is 0.399 e. The Bertz CT molecular complexity index is 879. The highest BCUT2D eigenvalue weighted by Crippen LogP contribution is 2.09. The molecule has 0 fully saturated rings. The molecule has 2 amide bonds. The maximum Gasteiger partial charge on any atom is 0.251 e. The highest BCUT2D eigenvalue weighted by molar-refractivity contribution is 5.97. The van der Waals surface area contributed by atoms with Crippen LogP contribution in [0.5, 0.6) is 0 Å². The first kappa shape index (κ1) is 24.8. The van der Waals surface area contributed by atoms with Crippen molar-refractivity contribution in [2.24, 2.45) is 0 Å². The van der Waals surface area contributed by atoms with Gasteiger partial charge in [0, 0.05) is 35.6 Å². The van der Waals surface area contributed by atoms with Crippen molar-refractivity contribution in [3.05, 3.63) is 95.1 Å². The van der Waals surface area contributed by atoms with Gasteiger partial charge in [0.2, 0.25) is 0 Å². The first-order chi connectivity index (χ1) is 13.5. The van der Waals surface area contributed by atoms with Crippen LogP contribution < -0.4 is 22.1 Å². The number of hydrogen-bond donors (Lipinski definition) is 4. The molecular formula is C22H24Cl2N4O2. The van der Waals surface area contributed by atoms with Crippen LogP contribution >= 0.6 is 24.8 Å². The van der Waals surface area contributed by atoms with Crippen molar-refractivity contribution in [3.63, 3.8) is 0 Å². The van der Waals surface area contributed by atoms with E-state index >= 15 is 0 Å². The molecule has 0 aromatic heterocycles. The van der Waals surface area contributed by atoms with Crippen LogP contribution in [-0.2, 0) is 13.1 Å². The zero-order valence-corrected chi connectivity index (χ0v) is 17.8. The van der Waals surface area contributed by atoms with E-state index in [0.717, 1.165) is 11.1 Å². The molecule has 0 saturated carbocycles. The number of nitrogens with two attached hydrogens (primary N) is 2. The zero-order valence-electron chi connectivity index (χ0n) is 16.1. The quantitative estimate of drug-likeness (QED) is 0.433. The minimum atomic E-state index is -0.203. The summed E-state index contributed by atoms with van der Waals surface area (Å²) in [6, 6.07) is 21.2. The topological polar surface area (TPSA) is 110 Å². The number of amides is 2. The summed E-state index contributed by atoms with van der Waals surface area (Å²) in [7, 11) is 0. The van der Waals surface area contributed by atoms with E-state index in [1.807, 2.05) is 24.3 Å². The van der Waals surface area contributed by atoms with E-state index < -0.39 is 0 Å². The summed E-state index contributed by atoms with van der Waals surface area (Å²) in [6.45, 7) is 0.811. The van der Waals surface area contributed by atoms with Crippen LogP contribution in [0, 0.1) is 0 Å². The number of benzene rings is 3. The Kier molecular flexibility index (Phi) is 9.68. The van der Waals surface area contributed by atoms with Crippen LogP contribution in [0.15, 0.2) is 72.8 Å². The maximum atomic E-state index is 12.3. The minimum absolute atomic E-state index is 0. The van der Waals surface area contributed by atoms with Crippen molar-refractivity contribution in [2.75, 3.05) is 11.5 Å². The van der Waals surface area contributed by atoms with E-state index in [-0.39, 0.29) is 36.6 Å². The summed E-state index contributed by atoms with van der Waals surface area (Å²) in [5, 5.41) is 5.69. The van der Waals surface area contributed by atoms with Gasteiger partial charge in [0.1, 0.15) is 0 Å². The molecule has 0 atom stereocenters. The summed E-state index contributed by atoms with van der Waals surface area (Å²) >= 11 is 0. The minimum Gasteiger partial charge on any atom is -0.399 e. The number of carbonyl (C=O) groups is 2. The molecule has 3 aromatic rings. The third-order valence-electron chi connectivity index (χ3n) is 4.27. The Morgan fingerprint density at radius 2 is 0.867 bits per heavy atom.